The molecule has 0 bridgehead atoms. The van der Waals surface area contributed by atoms with E-state index < -0.39 is 40.7 Å². The summed E-state index contributed by atoms with van der Waals surface area (Å²) in [5.41, 5.74) is -0.468. The van der Waals surface area contributed by atoms with E-state index in [-0.39, 0.29) is 49.2 Å². The molecule has 1 saturated heterocycles. The first-order valence-electron chi connectivity index (χ1n) is 42.5. The monoisotopic (exact) mass is 1730 g/mol. The van der Waals surface area contributed by atoms with Crippen LogP contribution in [-0.4, -0.2) is 376 Å². The zero-order valence-electron chi connectivity index (χ0n) is 71.8. The summed E-state index contributed by atoms with van der Waals surface area (Å²) in [4.78, 5) is 71.1. The fraction of sp³-hybridized carbons (Fsp3) is 0.819. The molecule has 2 aromatic rings. The SMILES string of the molecule is CCCC1=CC(C)(C)N(CCCCCC(=O)N(CCCCCC(=O)ON2C(=O)CCC2=O)CCOCCOCCOCCOCCOCCOCCOCCOCCOCCOCCOCCOCCOCCOCCOCCOCCOCCOCCOCCOCCOCCOCCOCCOC)c2cc3oc(=O)cc(C(F)(F)F)c3cc21. The lowest BCUT2D eigenvalue weighted by molar-refractivity contribution is -0.197. The number of amides is 3. The lowest BCUT2D eigenvalue weighted by Gasteiger charge is -2.44. The van der Waals surface area contributed by atoms with Gasteiger partial charge >= 0.3 is 17.8 Å². The van der Waals surface area contributed by atoms with Gasteiger partial charge in [0.05, 0.1) is 322 Å². The van der Waals surface area contributed by atoms with Gasteiger partial charge in [0.2, 0.25) is 5.91 Å². The molecule has 34 nitrogen and oxygen atoms in total. The third-order valence-corrected chi connectivity index (χ3v) is 17.8. The Labute approximate surface area is 706 Å². The highest BCUT2D eigenvalue weighted by atomic mass is 19.4. The van der Waals surface area contributed by atoms with Crippen LogP contribution in [0.4, 0.5) is 18.9 Å². The first-order valence-corrected chi connectivity index (χ1v) is 42.5. The summed E-state index contributed by atoms with van der Waals surface area (Å²) in [6, 6.07) is 3.54. The van der Waals surface area contributed by atoms with Crippen molar-refractivity contribution in [3.05, 3.63) is 45.8 Å². The normalized spacial score (nSPS) is 13.6. The Hall–Kier alpha value is -5.12. The van der Waals surface area contributed by atoms with Crippen molar-refractivity contribution in [2.75, 3.05) is 342 Å². The van der Waals surface area contributed by atoms with Crippen molar-refractivity contribution in [2.24, 2.45) is 0 Å². The van der Waals surface area contributed by atoms with Crippen molar-refractivity contribution in [2.45, 2.75) is 110 Å². The standard InChI is InChI=1S/C83H140F3N3O31/c1-5-12-71-70-82(2,3)88(75-69-76-73(67-72(71)75)74(83(84,85)86)68-81(94)119-76)18-11-6-8-13-77(90)87(17-10-7-9-14-80(93)120-89-78(91)15-16-79(89)92)19-20-96-23-24-98-27-28-100-31-32-102-35-36-104-39-40-106-43-44-108-47-48-110-51-52-112-55-56-114-59-60-116-63-64-118-66-65-117-62-61-115-58-57-113-54-53-111-50-49-109-46-45-107-42-41-105-38-37-103-34-33-101-30-29-99-26-25-97-22-21-95-4/h67-70H,5-66H2,1-4H3. The highest BCUT2D eigenvalue weighted by Crippen LogP contribution is 2.45. The molecule has 1 aromatic heterocycles. The van der Waals surface area contributed by atoms with Gasteiger partial charge in [0.15, 0.2) is 0 Å². The number of methoxy groups -OCH3 is 1. The summed E-state index contributed by atoms with van der Waals surface area (Å²) < 4.78 is 180. The summed E-state index contributed by atoms with van der Waals surface area (Å²) in [5.74, 6) is -1.82. The molecule has 120 heavy (non-hydrogen) atoms. The zero-order chi connectivity index (χ0) is 86.1. The number of ether oxygens (including phenoxy) is 24. The molecule has 0 aliphatic carbocycles. The van der Waals surface area contributed by atoms with Crippen LogP contribution in [0.25, 0.3) is 16.5 Å². The quantitative estimate of drug-likeness (QED) is 0.0359. The fourth-order valence-corrected chi connectivity index (χ4v) is 11.7. The number of allylic oxidation sites excluding steroid dienone is 1. The summed E-state index contributed by atoms with van der Waals surface area (Å²) in [5, 5.41) is 0.366. The number of anilines is 1. The number of carbonyl (C=O) groups is 4. The molecule has 2 aliphatic rings. The third-order valence-electron chi connectivity index (χ3n) is 17.8. The number of carbonyl (C=O) groups excluding carboxylic acids is 4. The lowest BCUT2D eigenvalue weighted by Crippen LogP contribution is -2.45. The van der Waals surface area contributed by atoms with Crippen LogP contribution in [0, 0.1) is 0 Å². The molecule has 37 heteroatoms. The maximum atomic E-state index is 14.1. The molecule has 0 radical (unpaired) electrons. The molecule has 1 fully saturated rings. The average molecular weight is 1730 g/mol. The number of alkyl halides is 3. The molecule has 2 aliphatic heterocycles. The molecule has 1 aromatic carbocycles. The van der Waals surface area contributed by atoms with Crippen molar-refractivity contribution >= 4 is 45.9 Å². The Morgan fingerprint density at radius 1 is 0.408 bits per heavy atom. The van der Waals surface area contributed by atoms with Gasteiger partial charge in [-0.2, -0.15) is 13.2 Å². The molecule has 694 valence electrons. The zero-order valence-corrected chi connectivity index (χ0v) is 71.8. The van der Waals surface area contributed by atoms with E-state index in [1.807, 2.05) is 20.8 Å². The number of fused-ring (bicyclic) bond motifs is 2. The molecule has 4 rings (SSSR count). The molecular formula is C83H140F3N3O31. The van der Waals surface area contributed by atoms with Gasteiger partial charge < -0.3 is 133 Å². The maximum absolute atomic E-state index is 14.1. The van der Waals surface area contributed by atoms with E-state index in [1.165, 1.54) is 6.07 Å². The number of hydrogen-bond acceptors (Lipinski definition) is 32. The first kappa shape index (κ1) is 107. The van der Waals surface area contributed by atoms with Crippen molar-refractivity contribution in [1.82, 2.24) is 9.96 Å². The number of halogens is 3. The van der Waals surface area contributed by atoms with Crippen LogP contribution in [-0.2, 0) is 144 Å². The van der Waals surface area contributed by atoms with Gasteiger partial charge in [-0.3, -0.25) is 14.4 Å². The predicted molar refractivity (Wildman–Crippen MR) is 433 cm³/mol. The van der Waals surface area contributed by atoms with E-state index >= 15 is 0 Å². The van der Waals surface area contributed by atoms with E-state index in [4.69, 9.17) is 123 Å². The van der Waals surface area contributed by atoms with Crippen LogP contribution >= 0.6 is 0 Å². The molecule has 3 amide bonds. The largest absolute Gasteiger partial charge is 0.423 e. The van der Waals surface area contributed by atoms with E-state index in [1.54, 1.807) is 18.1 Å². The molecule has 0 saturated carbocycles. The number of unbranched alkanes of at least 4 members (excludes halogenated alkanes) is 4. The number of benzene rings is 1. The minimum Gasteiger partial charge on any atom is -0.423 e. The van der Waals surface area contributed by atoms with Crippen molar-refractivity contribution in [3.8, 4) is 0 Å². The Bertz CT molecular complexity index is 2950. The van der Waals surface area contributed by atoms with E-state index in [2.05, 4.69) is 11.0 Å². The van der Waals surface area contributed by atoms with Crippen LogP contribution < -0.4 is 10.5 Å². The number of nitrogens with zero attached hydrogens (tertiary/aromatic N) is 3. The van der Waals surface area contributed by atoms with Crippen LogP contribution in [0.3, 0.4) is 0 Å². The van der Waals surface area contributed by atoms with Gasteiger partial charge in [-0.05, 0) is 57.6 Å². The summed E-state index contributed by atoms with van der Waals surface area (Å²) in [7, 11) is 1.64. The average Bonchev–Trinajstić information content (AvgIpc) is 0.789. The van der Waals surface area contributed by atoms with Gasteiger partial charge in [-0.15, -0.1) is 5.06 Å². The molecule has 0 spiro atoms. The third kappa shape index (κ3) is 54.6. The molecular weight excluding hydrogens is 1590 g/mol. The van der Waals surface area contributed by atoms with Gasteiger partial charge in [-0.25, -0.2) is 9.59 Å². The highest BCUT2D eigenvalue weighted by molar-refractivity contribution is 6.01. The fourth-order valence-electron chi connectivity index (χ4n) is 11.7. The number of hydroxylamine groups is 2. The molecule has 0 unspecified atom stereocenters. The maximum Gasteiger partial charge on any atom is 0.417 e. The smallest absolute Gasteiger partial charge is 0.417 e. The van der Waals surface area contributed by atoms with Crippen molar-refractivity contribution in [3.63, 3.8) is 0 Å². The Morgan fingerprint density at radius 3 is 1.05 bits per heavy atom. The lowest BCUT2D eigenvalue weighted by atomic mass is 9.85. The van der Waals surface area contributed by atoms with Gasteiger partial charge in [-0.1, -0.05) is 32.3 Å². The number of rotatable bonds is 87. The first-order chi connectivity index (χ1) is 58.7. The molecule has 3 heterocycles. The summed E-state index contributed by atoms with van der Waals surface area (Å²) in [6.45, 7) is 28.7. The van der Waals surface area contributed by atoms with Crippen LogP contribution in [0.15, 0.2) is 33.5 Å². The second kappa shape index (κ2) is 73.1. The van der Waals surface area contributed by atoms with Crippen LogP contribution in [0.5, 0.6) is 0 Å². The summed E-state index contributed by atoms with van der Waals surface area (Å²) >= 11 is 0. The van der Waals surface area contributed by atoms with Gasteiger partial charge in [0.1, 0.15) is 5.58 Å². The van der Waals surface area contributed by atoms with E-state index in [0.29, 0.717) is 391 Å². The second-order valence-electron chi connectivity index (χ2n) is 27.7. The Morgan fingerprint density at radius 2 is 0.725 bits per heavy atom. The molecule has 0 N–H and O–H groups in total. The molecule has 0 atom stereocenters. The number of imide groups is 1. The van der Waals surface area contributed by atoms with Gasteiger partial charge in [0, 0.05) is 81.2 Å². The summed E-state index contributed by atoms with van der Waals surface area (Å²) in [6.07, 6.45) is 2.60. The Kier molecular flexibility index (Phi) is 65.3. The predicted octanol–water partition coefficient (Wildman–Crippen LogP) is 7.18. The number of hydrogen-bond donors (Lipinski definition) is 0. The van der Waals surface area contributed by atoms with Crippen molar-refractivity contribution in [1.29, 1.82) is 0 Å². The van der Waals surface area contributed by atoms with Gasteiger partial charge in [0.25, 0.3) is 11.8 Å². The highest BCUT2D eigenvalue weighted by Gasteiger charge is 2.38. The van der Waals surface area contributed by atoms with E-state index in [9.17, 15) is 37.1 Å². The minimum absolute atomic E-state index is 0.00217. The Balaban J connectivity index is 0.832. The second-order valence-corrected chi connectivity index (χ2v) is 27.7. The van der Waals surface area contributed by atoms with Crippen LogP contribution in [0.2, 0.25) is 0 Å². The van der Waals surface area contributed by atoms with E-state index in [0.717, 1.165) is 12.0 Å². The van der Waals surface area contributed by atoms with Crippen molar-refractivity contribution < 1.29 is 155 Å². The topological polar surface area (TPSA) is 339 Å². The minimum atomic E-state index is -4.75. The van der Waals surface area contributed by atoms with Crippen LogP contribution in [0.1, 0.15) is 109 Å².